The maximum atomic E-state index is 9.53. The van der Waals surface area contributed by atoms with E-state index >= 15 is 0 Å². The minimum Gasteiger partial charge on any atom is -0.395 e. The molecule has 0 bridgehead atoms. The number of hydrogen-bond donors (Lipinski definition) is 3. The van der Waals surface area contributed by atoms with Crippen molar-refractivity contribution in [3.05, 3.63) is 77.9 Å². The Hall–Kier alpha value is -2.43. The van der Waals surface area contributed by atoms with Crippen LogP contribution in [0, 0.1) is 6.92 Å². The van der Waals surface area contributed by atoms with Gasteiger partial charge in [0.2, 0.25) is 0 Å². The molecule has 2 aromatic carbocycles. The van der Waals surface area contributed by atoms with Gasteiger partial charge in [0.1, 0.15) is 0 Å². The van der Waals surface area contributed by atoms with Crippen LogP contribution in [-0.4, -0.2) is 27.7 Å². The number of benzene rings is 2. The number of imidazole rings is 1. The SMILES string of the molecule is Cc1ccccc1-c1ccc(CNC(CO)Cc2cnc[nH]2)cc1. The molecule has 0 fully saturated rings. The van der Waals surface area contributed by atoms with Crippen LogP contribution in [-0.2, 0) is 13.0 Å². The highest BCUT2D eigenvalue weighted by molar-refractivity contribution is 5.67. The molecule has 1 heterocycles. The van der Waals surface area contributed by atoms with Gasteiger partial charge in [0.25, 0.3) is 0 Å². The summed E-state index contributed by atoms with van der Waals surface area (Å²) < 4.78 is 0. The van der Waals surface area contributed by atoms with E-state index in [9.17, 15) is 5.11 Å². The number of H-pyrrole nitrogens is 1. The highest BCUT2D eigenvalue weighted by Crippen LogP contribution is 2.23. The van der Waals surface area contributed by atoms with Crippen molar-refractivity contribution in [1.29, 1.82) is 0 Å². The first-order valence-electron chi connectivity index (χ1n) is 8.22. The number of aliphatic hydroxyl groups excluding tert-OH is 1. The van der Waals surface area contributed by atoms with Gasteiger partial charge >= 0.3 is 0 Å². The van der Waals surface area contributed by atoms with Crippen molar-refractivity contribution < 1.29 is 5.11 Å². The van der Waals surface area contributed by atoms with Gasteiger partial charge in [-0.3, -0.25) is 0 Å². The molecule has 124 valence electrons. The molecule has 1 aromatic heterocycles. The summed E-state index contributed by atoms with van der Waals surface area (Å²) in [4.78, 5) is 7.08. The van der Waals surface area contributed by atoms with E-state index < -0.39 is 0 Å². The number of aliphatic hydroxyl groups is 1. The Labute approximate surface area is 142 Å². The topological polar surface area (TPSA) is 60.9 Å². The third-order valence-corrected chi connectivity index (χ3v) is 4.25. The first-order valence-corrected chi connectivity index (χ1v) is 8.22. The molecule has 0 radical (unpaired) electrons. The summed E-state index contributed by atoms with van der Waals surface area (Å²) in [7, 11) is 0. The lowest BCUT2D eigenvalue weighted by Crippen LogP contribution is -2.34. The van der Waals surface area contributed by atoms with E-state index in [0.29, 0.717) is 0 Å². The Morgan fingerprint density at radius 1 is 1.12 bits per heavy atom. The molecule has 1 atom stereocenters. The molecule has 0 saturated heterocycles. The van der Waals surface area contributed by atoms with E-state index in [1.54, 1.807) is 12.5 Å². The monoisotopic (exact) mass is 321 g/mol. The zero-order valence-corrected chi connectivity index (χ0v) is 13.9. The van der Waals surface area contributed by atoms with E-state index in [1.165, 1.54) is 22.3 Å². The van der Waals surface area contributed by atoms with Crippen molar-refractivity contribution in [3.63, 3.8) is 0 Å². The van der Waals surface area contributed by atoms with Crippen LogP contribution in [0.25, 0.3) is 11.1 Å². The number of rotatable bonds is 7. The molecule has 0 spiro atoms. The molecule has 0 aliphatic heterocycles. The fourth-order valence-electron chi connectivity index (χ4n) is 2.82. The van der Waals surface area contributed by atoms with Gasteiger partial charge in [-0.15, -0.1) is 0 Å². The molecular weight excluding hydrogens is 298 g/mol. The molecule has 0 amide bonds. The zero-order valence-electron chi connectivity index (χ0n) is 13.9. The van der Waals surface area contributed by atoms with Gasteiger partial charge in [-0.05, 0) is 29.2 Å². The fourth-order valence-corrected chi connectivity index (χ4v) is 2.82. The highest BCUT2D eigenvalue weighted by atomic mass is 16.3. The number of nitrogens with zero attached hydrogens (tertiary/aromatic N) is 1. The van der Waals surface area contributed by atoms with Gasteiger partial charge in [-0.25, -0.2) is 4.98 Å². The molecule has 3 aromatic rings. The molecular formula is C20H23N3O. The third-order valence-electron chi connectivity index (χ3n) is 4.25. The number of hydrogen-bond acceptors (Lipinski definition) is 3. The summed E-state index contributed by atoms with van der Waals surface area (Å²) in [6.45, 7) is 2.96. The Bertz CT molecular complexity index is 751. The number of nitrogens with one attached hydrogen (secondary N) is 2. The van der Waals surface area contributed by atoms with Crippen molar-refractivity contribution in [2.45, 2.75) is 25.9 Å². The van der Waals surface area contributed by atoms with Gasteiger partial charge in [-0.1, -0.05) is 48.5 Å². The molecule has 4 heteroatoms. The van der Waals surface area contributed by atoms with E-state index in [-0.39, 0.29) is 12.6 Å². The van der Waals surface area contributed by atoms with Gasteiger partial charge in [0, 0.05) is 30.9 Å². The molecule has 0 aliphatic carbocycles. The number of aromatic amines is 1. The first-order chi connectivity index (χ1) is 11.8. The molecule has 3 N–H and O–H groups in total. The van der Waals surface area contributed by atoms with Crippen molar-refractivity contribution in [2.24, 2.45) is 0 Å². The highest BCUT2D eigenvalue weighted by Gasteiger charge is 2.09. The molecule has 3 rings (SSSR count). The quantitative estimate of drug-likeness (QED) is 0.627. The summed E-state index contributed by atoms with van der Waals surface area (Å²) >= 11 is 0. The predicted octanol–water partition coefficient (Wildman–Crippen LogP) is 3.08. The predicted molar refractivity (Wildman–Crippen MR) is 96.6 cm³/mol. The van der Waals surface area contributed by atoms with E-state index in [0.717, 1.165) is 18.7 Å². The molecule has 4 nitrogen and oxygen atoms in total. The summed E-state index contributed by atoms with van der Waals surface area (Å²) in [6.07, 6.45) is 4.19. The van der Waals surface area contributed by atoms with Crippen molar-refractivity contribution in [1.82, 2.24) is 15.3 Å². The van der Waals surface area contributed by atoms with E-state index in [4.69, 9.17) is 0 Å². The Morgan fingerprint density at radius 3 is 2.58 bits per heavy atom. The van der Waals surface area contributed by atoms with Crippen LogP contribution >= 0.6 is 0 Å². The lowest BCUT2D eigenvalue weighted by atomic mass is 9.99. The second kappa shape index (κ2) is 7.90. The minimum absolute atomic E-state index is 0.0153. The Balaban J connectivity index is 1.60. The molecule has 0 saturated carbocycles. The van der Waals surface area contributed by atoms with Gasteiger partial charge in [0.05, 0.1) is 12.9 Å². The second-order valence-electron chi connectivity index (χ2n) is 6.05. The van der Waals surface area contributed by atoms with Crippen LogP contribution in [0.4, 0.5) is 0 Å². The summed E-state index contributed by atoms with van der Waals surface area (Å²) in [5.41, 5.74) is 6.01. The third kappa shape index (κ3) is 4.10. The van der Waals surface area contributed by atoms with Crippen LogP contribution in [0.5, 0.6) is 0 Å². The summed E-state index contributed by atoms with van der Waals surface area (Å²) in [5.74, 6) is 0. The number of aryl methyl sites for hydroxylation is 1. The van der Waals surface area contributed by atoms with Crippen molar-refractivity contribution in [3.8, 4) is 11.1 Å². The molecule has 24 heavy (non-hydrogen) atoms. The largest absolute Gasteiger partial charge is 0.395 e. The first kappa shape index (κ1) is 16.4. The maximum absolute atomic E-state index is 9.53. The summed E-state index contributed by atoms with van der Waals surface area (Å²) in [5, 5.41) is 12.9. The fraction of sp³-hybridized carbons (Fsp3) is 0.250. The lowest BCUT2D eigenvalue weighted by molar-refractivity contribution is 0.240. The van der Waals surface area contributed by atoms with E-state index in [1.807, 2.05) is 0 Å². The minimum atomic E-state index is 0.0153. The Morgan fingerprint density at radius 2 is 1.92 bits per heavy atom. The zero-order chi connectivity index (χ0) is 16.8. The lowest BCUT2D eigenvalue weighted by Gasteiger charge is -2.15. The van der Waals surface area contributed by atoms with Gasteiger partial charge < -0.3 is 15.4 Å². The standard InChI is InChI=1S/C20H23N3O/c1-15-4-2-3-5-20(15)17-8-6-16(7-9-17)11-22-19(13-24)10-18-12-21-14-23-18/h2-9,12,14,19,22,24H,10-11,13H2,1H3,(H,21,23). The van der Waals surface area contributed by atoms with Gasteiger partial charge in [0.15, 0.2) is 0 Å². The smallest absolute Gasteiger partial charge is 0.0921 e. The average Bonchev–Trinajstić information content (AvgIpc) is 3.13. The maximum Gasteiger partial charge on any atom is 0.0921 e. The van der Waals surface area contributed by atoms with E-state index in [2.05, 4.69) is 70.7 Å². The van der Waals surface area contributed by atoms with Crippen molar-refractivity contribution >= 4 is 0 Å². The normalized spacial score (nSPS) is 12.2. The molecule has 1 unspecified atom stereocenters. The molecule has 0 aliphatic rings. The average molecular weight is 321 g/mol. The van der Waals surface area contributed by atoms with Gasteiger partial charge in [-0.2, -0.15) is 0 Å². The van der Waals surface area contributed by atoms with Crippen LogP contribution in [0.3, 0.4) is 0 Å². The second-order valence-corrected chi connectivity index (χ2v) is 6.05. The van der Waals surface area contributed by atoms with Crippen LogP contribution < -0.4 is 5.32 Å². The summed E-state index contributed by atoms with van der Waals surface area (Å²) in [6, 6.07) is 17.0. The van der Waals surface area contributed by atoms with Crippen LogP contribution in [0.15, 0.2) is 61.1 Å². The Kier molecular flexibility index (Phi) is 5.41. The number of aromatic nitrogens is 2. The van der Waals surface area contributed by atoms with Crippen LogP contribution in [0.2, 0.25) is 0 Å². The van der Waals surface area contributed by atoms with Crippen molar-refractivity contribution in [2.75, 3.05) is 6.61 Å². The van der Waals surface area contributed by atoms with Crippen LogP contribution in [0.1, 0.15) is 16.8 Å².